The molecule has 0 spiro atoms. The van der Waals surface area contributed by atoms with Crippen molar-refractivity contribution in [1.82, 2.24) is 14.8 Å². The lowest BCUT2D eigenvalue weighted by Gasteiger charge is -1.97. The predicted octanol–water partition coefficient (Wildman–Crippen LogP) is 1.83. The topological polar surface area (TPSA) is 56.7 Å². The molecule has 0 fully saturated rings. The number of halogens is 1. The molecule has 0 aliphatic heterocycles. The second-order valence-corrected chi connectivity index (χ2v) is 3.79. The quantitative estimate of drug-likeness (QED) is 0.843. The smallest absolute Gasteiger partial charge is 0.121 e. The summed E-state index contributed by atoms with van der Waals surface area (Å²) >= 11 is 3.41. The van der Waals surface area contributed by atoms with Crippen LogP contribution in [0.1, 0.15) is 0 Å². The monoisotopic (exact) mass is 252 g/mol. The molecule has 72 valence electrons. The summed E-state index contributed by atoms with van der Waals surface area (Å²) in [6.07, 6.45) is 3.46. The van der Waals surface area contributed by atoms with Crippen molar-refractivity contribution < 1.29 is 0 Å². The second-order valence-electron chi connectivity index (χ2n) is 2.93. The molecule has 0 unspecified atom stereocenters. The Bertz CT molecular complexity index is 444. The molecule has 0 amide bonds. The van der Waals surface area contributed by atoms with Gasteiger partial charge in [-0.05, 0) is 22.0 Å². The number of hydrogen-bond acceptors (Lipinski definition) is 3. The zero-order chi connectivity index (χ0) is 10.1. The Kier molecular flexibility index (Phi) is 2.25. The van der Waals surface area contributed by atoms with E-state index in [0.717, 1.165) is 15.7 Å². The second kappa shape index (κ2) is 3.42. The van der Waals surface area contributed by atoms with Crippen LogP contribution in [0.2, 0.25) is 0 Å². The van der Waals surface area contributed by atoms with E-state index in [-0.39, 0.29) is 0 Å². The summed E-state index contributed by atoms with van der Waals surface area (Å²) in [6.45, 7) is 0. The highest BCUT2D eigenvalue weighted by atomic mass is 79.9. The van der Waals surface area contributed by atoms with Crippen molar-refractivity contribution in [2.75, 3.05) is 5.73 Å². The molecule has 0 radical (unpaired) electrons. The van der Waals surface area contributed by atoms with E-state index in [9.17, 15) is 0 Å². The molecular weight excluding hydrogens is 244 g/mol. The van der Waals surface area contributed by atoms with Crippen molar-refractivity contribution in [1.29, 1.82) is 0 Å². The summed E-state index contributed by atoms with van der Waals surface area (Å²) in [5, 5.41) is 4.28. The molecule has 0 saturated heterocycles. The van der Waals surface area contributed by atoms with Gasteiger partial charge in [-0.1, -0.05) is 0 Å². The minimum atomic E-state index is 0.642. The molecule has 0 aliphatic carbocycles. The number of aromatic nitrogens is 3. The van der Waals surface area contributed by atoms with Crippen LogP contribution in [0, 0.1) is 0 Å². The first-order valence-electron chi connectivity index (χ1n) is 4.08. The molecule has 4 nitrogen and oxygen atoms in total. The first-order valence-corrected chi connectivity index (χ1v) is 4.87. The number of nitrogen functional groups attached to an aromatic ring is 1. The molecule has 2 N–H and O–H groups in total. The van der Waals surface area contributed by atoms with E-state index in [1.54, 1.807) is 17.1 Å². The van der Waals surface area contributed by atoms with Crippen LogP contribution >= 0.6 is 15.9 Å². The van der Waals surface area contributed by atoms with Gasteiger partial charge in [0.15, 0.2) is 0 Å². The Morgan fingerprint density at radius 2 is 2.29 bits per heavy atom. The van der Waals surface area contributed by atoms with Gasteiger partial charge >= 0.3 is 0 Å². The van der Waals surface area contributed by atoms with Gasteiger partial charge in [0.05, 0.1) is 5.69 Å². The molecule has 0 aromatic carbocycles. The van der Waals surface area contributed by atoms with Gasteiger partial charge in [-0.15, -0.1) is 0 Å². The molecule has 2 heterocycles. The van der Waals surface area contributed by atoms with Crippen molar-refractivity contribution in [3.05, 3.63) is 29.0 Å². The predicted molar refractivity (Wildman–Crippen MR) is 58.6 cm³/mol. The van der Waals surface area contributed by atoms with Crippen molar-refractivity contribution in [2.24, 2.45) is 7.05 Å². The number of anilines is 1. The number of nitrogens with two attached hydrogens (primary N) is 1. The number of aryl methyl sites for hydroxylation is 1. The number of rotatable bonds is 1. The number of nitrogens with zero attached hydrogens (tertiary/aromatic N) is 3. The Labute approximate surface area is 89.9 Å². The highest BCUT2D eigenvalue weighted by molar-refractivity contribution is 9.10. The largest absolute Gasteiger partial charge is 0.384 e. The van der Waals surface area contributed by atoms with Crippen molar-refractivity contribution in [3.8, 4) is 11.3 Å². The molecule has 5 heteroatoms. The average molecular weight is 253 g/mol. The van der Waals surface area contributed by atoms with Gasteiger partial charge in [0.2, 0.25) is 0 Å². The van der Waals surface area contributed by atoms with E-state index in [2.05, 4.69) is 26.0 Å². The van der Waals surface area contributed by atoms with Crippen LogP contribution in [0.3, 0.4) is 0 Å². The zero-order valence-corrected chi connectivity index (χ0v) is 9.19. The van der Waals surface area contributed by atoms with Crippen LogP contribution in [0.5, 0.6) is 0 Å². The van der Waals surface area contributed by atoms with Gasteiger partial charge in [0.25, 0.3) is 0 Å². The molecule has 2 rings (SSSR count). The lowest BCUT2D eigenvalue weighted by Crippen LogP contribution is -1.96. The maximum Gasteiger partial charge on any atom is 0.121 e. The molecule has 2 aromatic heterocycles. The fourth-order valence-electron chi connectivity index (χ4n) is 1.20. The van der Waals surface area contributed by atoms with Crippen LogP contribution < -0.4 is 5.73 Å². The van der Waals surface area contributed by atoms with E-state index in [1.165, 1.54) is 0 Å². The molecule has 0 aliphatic rings. The van der Waals surface area contributed by atoms with Crippen molar-refractivity contribution in [3.63, 3.8) is 0 Å². The molecule has 0 atom stereocenters. The minimum absolute atomic E-state index is 0.642. The van der Waals surface area contributed by atoms with Crippen LogP contribution in [0.25, 0.3) is 11.3 Å². The van der Waals surface area contributed by atoms with Crippen LogP contribution in [0.4, 0.5) is 5.82 Å². The van der Waals surface area contributed by atoms with Crippen molar-refractivity contribution in [2.45, 2.75) is 0 Å². The van der Waals surface area contributed by atoms with E-state index in [1.807, 2.05) is 19.2 Å². The van der Waals surface area contributed by atoms with Crippen LogP contribution in [-0.2, 0) is 7.05 Å². The van der Waals surface area contributed by atoms with Gasteiger partial charge < -0.3 is 5.73 Å². The highest BCUT2D eigenvalue weighted by Crippen LogP contribution is 2.26. The summed E-state index contributed by atoms with van der Waals surface area (Å²) in [5.41, 5.74) is 7.54. The first-order chi connectivity index (χ1) is 6.68. The summed E-state index contributed by atoms with van der Waals surface area (Å²) in [6, 6.07) is 3.73. The lowest BCUT2D eigenvalue weighted by atomic mass is 10.2. The normalized spacial score (nSPS) is 10.4. The molecular formula is C9H9BrN4. The Balaban J connectivity index is 2.55. The zero-order valence-electron chi connectivity index (χ0n) is 7.61. The molecule has 2 aromatic rings. The van der Waals surface area contributed by atoms with E-state index in [0.29, 0.717) is 5.82 Å². The fourth-order valence-corrected chi connectivity index (χ4v) is 1.65. The van der Waals surface area contributed by atoms with E-state index in [4.69, 9.17) is 5.73 Å². The Hall–Kier alpha value is -1.36. The third-order valence-corrected chi connectivity index (χ3v) is 2.60. The van der Waals surface area contributed by atoms with Crippen LogP contribution in [0.15, 0.2) is 29.0 Å². The standard InChI is InChI=1S/C9H9BrN4/c1-14-9(11)4-8(13-14)6-2-3-12-5-7(6)10/h2-5H,11H2,1H3. The maximum atomic E-state index is 5.70. The average Bonchev–Trinajstić information content (AvgIpc) is 2.48. The maximum absolute atomic E-state index is 5.70. The fraction of sp³-hybridized carbons (Fsp3) is 0.111. The summed E-state index contributed by atoms with van der Waals surface area (Å²) in [5.74, 6) is 0.642. The van der Waals surface area contributed by atoms with Gasteiger partial charge in [-0.2, -0.15) is 5.10 Å². The Morgan fingerprint density at radius 1 is 1.50 bits per heavy atom. The van der Waals surface area contributed by atoms with Gasteiger partial charge in [0, 0.05) is 35.5 Å². The van der Waals surface area contributed by atoms with Gasteiger partial charge in [-0.3, -0.25) is 9.67 Å². The molecule has 14 heavy (non-hydrogen) atoms. The summed E-state index contributed by atoms with van der Waals surface area (Å²) in [4.78, 5) is 3.99. The first kappa shape index (κ1) is 9.21. The highest BCUT2D eigenvalue weighted by Gasteiger charge is 2.07. The molecule has 0 saturated carbocycles. The van der Waals surface area contributed by atoms with Crippen molar-refractivity contribution >= 4 is 21.7 Å². The SMILES string of the molecule is Cn1nc(-c2ccncc2Br)cc1N. The third-order valence-electron chi connectivity index (χ3n) is 1.96. The molecule has 0 bridgehead atoms. The Morgan fingerprint density at radius 3 is 2.86 bits per heavy atom. The lowest BCUT2D eigenvalue weighted by molar-refractivity contribution is 0.782. The van der Waals surface area contributed by atoms with Crippen LogP contribution in [-0.4, -0.2) is 14.8 Å². The third kappa shape index (κ3) is 1.50. The van der Waals surface area contributed by atoms with E-state index >= 15 is 0 Å². The number of hydrogen-bond donors (Lipinski definition) is 1. The summed E-state index contributed by atoms with van der Waals surface area (Å²) in [7, 11) is 1.81. The van der Waals surface area contributed by atoms with Gasteiger partial charge in [-0.25, -0.2) is 0 Å². The number of pyridine rings is 1. The summed E-state index contributed by atoms with van der Waals surface area (Å²) < 4.78 is 2.56. The van der Waals surface area contributed by atoms with Gasteiger partial charge in [0.1, 0.15) is 5.82 Å². The minimum Gasteiger partial charge on any atom is -0.384 e. The van der Waals surface area contributed by atoms with E-state index < -0.39 is 0 Å².